The first-order valence-corrected chi connectivity index (χ1v) is 5.65. The van der Waals surface area contributed by atoms with E-state index in [1.165, 1.54) is 12.8 Å². The highest BCUT2D eigenvalue weighted by molar-refractivity contribution is 8.00. The standard InChI is InChI=1S/C10H22S/c1-7-8-10(5,11-6)9(2,3)4/h7-8H2,1-6H3. The van der Waals surface area contributed by atoms with E-state index in [1.807, 2.05) is 11.8 Å². The minimum Gasteiger partial charge on any atom is -0.158 e. The minimum absolute atomic E-state index is 0.419. The summed E-state index contributed by atoms with van der Waals surface area (Å²) in [6.45, 7) is 11.6. The van der Waals surface area contributed by atoms with Crippen molar-refractivity contribution in [2.75, 3.05) is 6.26 Å². The molecule has 0 saturated carbocycles. The topological polar surface area (TPSA) is 0 Å². The van der Waals surface area contributed by atoms with Crippen LogP contribution in [0.5, 0.6) is 0 Å². The summed E-state index contributed by atoms with van der Waals surface area (Å²) in [5, 5.41) is 0. The van der Waals surface area contributed by atoms with Gasteiger partial charge >= 0.3 is 0 Å². The summed E-state index contributed by atoms with van der Waals surface area (Å²) < 4.78 is 0.446. The summed E-state index contributed by atoms with van der Waals surface area (Å²) in [6, 6.07) is 0. The van der Waals surface area contributed by atoms with Gasteiger partial charge in [-0.05, 0) is 25.0 Å². The summed E-state index contributed by atoms with van der Waals surface area (Å²) in [4.78, 5) is 0. The smallest absolute Gasteiger partial charge is 0.0177 e. The Morgan fingerprint density at radius 2 is 1.55 bits per heavy atom. The van der Waals surface area contributed by atoms with Crippen LogP contribution in [0.4, 0.5) is 0 Å². The third-order valence-electron chi connectivity index (χ3n) is 2.76. The Balaban J connectivity index is 4.33. The number of rotatable bonds is 3. The average molecular weight is 174 g/mol. The number of hydrogen-bond acceptors (Lipinski definition) is 1. The molecule has 1 atom stereocenters. The minimum atomic E-state index is 0.419. The highest BCUT2D eigenvalue weighted by Gasteiger charge is 2.35. The quantitative estimate of drug-likeness (QED) is 0.624. The molecule has 0 aliphatic carbocycles. The lowest BCUT2D eigenvalue weighted by Gasteiger charge is -2.40. The van der Waals surface area contributed by atoms with E-state index < -0.39 is 0 Å². The van der Waals surface area contributed by atoms with Crippen LogP contribution in [0.1, 0.15) is 47.5 Å². The molecule has 0 aliphatic heterocycles. The summed E-state index contributed by atoms with van der Waals surface area (Å²) in [7, 11) is 0. The van der Waals surface area contributed by atoms with Gasteiger partial charge in [0.25, 0.3) is 0 Å². The van der Waals surface area contributed by atoms with Crippen molar-refractivity contribution in [3.05, 3.63) is 0 Å². The maximum absolute atomic E-state index is 2.38. The lowest BCUT2D eigenvalue weighted by atomic mass is 9.78. The molecule has 0 saturated heterocycles. The predicted octanol–water partition coefficient (Wildman–Crippen LogP) is 3.95. The Kier molecular flexibility index (Phi) is 3.96. The van der Waals surface area contributed by atoms with Crippen molar-refractivity contribution in [2.45, 2.75) is 52.2 Å². The van der Waals surface area contributed by atoms with Crippen LogP contribution in [0.2, 0.25) is 0 Å². The van der Waals surface area contributed by atoms with Crippen molar-refractivity contribution in [3.8, 4) is 0 Å². The van der Waals surface area contributed by atoms with E-state index in [1.54, 1.807) is 0 Å². The van der Waals surface area contributed by atoms with E-state index in [-0.39, 0.29) is 0 Å². The summed E-state index contributed by atoms with van der Waals surface area (Å²) in [5.74, 6) is 0. The first-order valence-electron chi connectivity index (χ1n) is 4.42. The first kappa shape index (κ1) is 11.4. The molecule has 68 valence electrons. The van der Waals surface area contributed by atoms with Crippen molar-refractivity contribution < 1.29 is 0 Å². The van der Waals surface area contributed by atoms with E-state index in [0.717, 1.165) is 0 Å². The maximum Gasteiger partial charge on any atom is 0.0177 e. The summed E-state index contributed by atoms with van der Waals surface area (Å²) in [6.07, 6.45) is 4.83. The van der Waals surface area contributed by atoms with Gasteiger partial charge in [-0.15, -0.1) is 0 Å². The molecule has 1 heteroatoms. The van der Waals surface area contributed by atoms with E-state index in [0.29, 0.717) is 10.2 Å². The molecule has 0 bridgehead atoms. The lowest BCUT2D eigenvalue weighted by molar-refractivity contribution is 0.283. The fourth-order valence-corrected chi connectivity index (χ4v) is 2.28. The zero-order valence-corrected chi connectivity index (χ0v) is 9.64. The van der Waals surface area contributed by atoms with Gasteiger partial charge in [-0.2, -0.15) is 11.8 Å². The van der Waals surface area contributed by atoms with Crippen LogP contribution in [-0.4, -0.2) is 11.0 Å². The molecular weight excluding hydrogens is 152 g/mol. The highest BCUT2D eigenvalue weighted by Crippen LogP contribution is 2.43. The van der Waals surface area contributed by atoms with Crippen LogP contribution < -0.4 is 0 Å². The molecule has 0 nitrogen and oxygen atoms in total. The molecule has 0 aromatic rings. The Morgan fingerprint density at radius 1 is 1.09 bits per heavy atom. The number of hydrogen-bond donors (Lipinski definition) is 0. The third kappa shape index (κ3) is 2.70. The molecule has 0 radical (unpaired) electrons. The van der Waals surface area contributed by atoms with Gasteiger partial charge in [0, 0.05) is 4.75 Å². The Morgan fingerprint density at radius 3 is 1.64 bits per heavy atom. The predicted molar refractivity (Wildman–Crippen MR) is 56.3 cm³/mol. The molecule has 0 heterocycles. The second-order valence-electron chi connectivity index (χ2n) is 4.43. The van der Waals surface area contributed by atoms with Crippen molar-refractivity contribution >= 4 is 11.8 Å². The van der Waals surface area contributed by atoms with Gasteiger partial charge in [-0.3, -0.25) is 0 Å². The third-order valence-corrected chi connectivity index (χ3v) is 4.48. The second kappa shape index (κ2) is 3.84. The monoisotopic (exact) mass is 174 g/mol. The molecule has 0 N–H and O–H groups in total. The van der Waals surface area contributed by atoms with Gasteiger partial charge < -0.3 is 0 Å². The van der Waals surface area contributed by atoms with E-state index in [2.05, 4.69) is 40.9 Å². The molecule has 11 heavy (non-hydrogen) atoms. The molecule has 0 aliphatic rings. The fraction of sp³-hybridized carbons (Fsp3) is 1.00. The van der Waals surface area contributed by atoms with Crippen LogP contribution in [-0.2, 0) is 0 Å². The summed E-state index contributed by atoms with van der Waals surface area (Å²) >= 11 is 2.00. The molecule has 0 aromatic heterocycles. The molecule has 0 rings (SSSR count). The number of thioether (sulfide) groups is 1. The zero-order valence-electron chi connectivity index (χ0n) is 8.82. The van der Waals surface area contributed by atoms with Gasteiger partial charge in [0.1, 0.15) is 0 Å². The van der Waals surface area contributed by atoms with Crippen LogP contribution in [0.15, 0.2) is 0 Å². The van der Waals surface area contributed by atoms with Gasteiger partial charge in [0.15, 0.2) is 0 Å². The SMILES string of the molecule is CCCC(C)(SC)C(C)(C)C. The molecule has 0 fully saturated rings. The molecule has 1 unspecified atom stereocenters. The van der Waals surface area contributed by atoms with Crippen LogP contribution in [0, 0.1) is 5.41 Å². The fourth-order valence-electron chi connectivity index (χ4n) is 1.26. The maximum atomic E-state index is 2.38. The van der Waals surface area contributed by atoms with E-state index in [9.17, 15) is 0 Å². The van der Waals surface area contributed by atoms with Gasteiger partial charge in [0.2, 0.25) is 0 Å². The molecule has 0 aromatic carbocycles. The highest BCUT2D eigenvalue weighted by atomic mass is 32.2. The van der Waals surface area contributed by atoms with Crippen LogP contribution in [0.3, 0.4) is 0 Å². The molecule has 0 spiro atoms. The molecule has 0 amide bonds. The molecular formula is C10H22S. The van der Waals surface area contributed by atoms with Crippen molar-refractivity contribution in [1.82, 2.24) is 0 Å². The average Bonchev–Trinajstić information content (AvgIpc) is 1.86. The van der Waals surface area contributed by atoms with E-state index in [4.69, 9.17) is 0 Å². The van der Waals surface area contributed by atoms with Crippen LogP contribution in [0.25, 0.3) is 0 Å². The summed E-state index contributed by atoms with van der Waals surface area (Å²) in [5.41, 5.74) is 0.419. The van der Waals surface area contributed by atoms with E-state index >= 15 is 0 Å². The normalized spacial score (nSPS) is 18.0. The Bertz CT molecular complexity index is 113. The van der Waals surface area contributed by atoms with Gasteiger partial charge in [-0.25, -0.2) is 0 Å². The van der Waals surface area contributed by atoms with Crippen molar-refractivity contribution in [3.63, 3.8) is 0 Å². The zero-order chi connectivity index (χ0) is 9.12. The largest absolute Gasteiger partial charge is 0.158 e. The Labute approximate surface area is 76.1 Å². The lowest BCUT2D eigenvalue weighted by Crippen LogP contribution is -2.36. The Hall–Kier alpha value is 0.350. The second-order valence-corrected chi connectivity index (χ2v) is 5.74. The van der Waals surface area contributed by atoms with Gasteiger partial charge in [-0.1, -0.05) is 34.1 Å². The van der Waals surface area contributed by atoms with Crippen molar-refractivity contribution in [1.29, 1.82) is 0 Å². The van der Waals surface area contributed by atoms with Gasteiger partial charge in [0.05, 0.1) is 0 Å². The van der Waals surface area contributed by atoms with Crippen molar-refractivity contribution in [2.24, 2.45) is 5.41 Å². The first-order chi connectivity index (χ1) is 4.87. The van der Waals surface area contributed by atoms with Crippen LogP contribution >= 0.6 is 11.8 Å².